The number of nitrogens with zero attached hydrogens (tertiary/aromatic N) is 1. The topological polar surface area (TPSA) is 29.3 Å². The monoisotopic (exact) mass is 238 g/mol. The zero-order chi connectivity index (χ0) is 12.5. The van der Waals surface area contributed by atoms with Crippen molar-refractivity contribution in [2.75, 3.05) is 13.6 Å². The van der Waals surface area contributed by atoms with Gasteiger partial charge in [-0.15, -0.1) is 0 Å². The Hall–Kier alpha value is -0.0800. The second-order valence-corrected chi connectivity index (χ2v) is 6.80. The Kier molecular flexibility index (Phi) is 4.14. The summed E-state index contributed by atoms with van der Waals surface area (Å²) in [6, 6.07) is 0.792. The van der Waals surface area contributed by atoms with E-state index in [-0.39, 0.29) is 0 Å². The van der Waals surface area contributed by atoms with E-state index in [1.54, 1.807) is 0 Å². The van der Waals surface area contributed by atoms with E-state index >= 15 is 0 Å². The van der Waals surface area contributed by atoms with E-state index in [1.807, 2.05) is 0 Å². The van der Waals surface area contributed by atoms with Gasteiger partial charge in [-0.3, -0.25) is 4.90 Å². The maximum absolute atomic E-state index is 6.12. The number of hydrogen-bond acceptors (Lipinski definition) is 2. The van der Waals surface area contributed by atoms with Crippen LogP contribution < -0.4 is 5.73 Å². The lowest BCUT2D eigenvalue weighted by molar-refractivity contribution is 0.0520. The molecule has 0 spiro atoms. The summed E-state index contributed by atoms with van der Waals surface area (Å²) in [4.78, 5) is 2.67. The molecule has 2 saturated carbocycles. The third kappa shape index (κ3) is 2.68. The minimum atomic E-state index is 0.324. The van der Waals surface area contributed by atoms with Crippen LogP contribution in [0.15, 0.2) is 0 Å². The first-order valence-corrected chi connectivity index (χ1v) is 7.50. The Morgan fingerprint density at radius 3 is 2.18 bits per heavy atom. The molecule has 2 rings (SSSR count). The van der Waals surface area contributed by atoms with Gasteiger partial charge in [0.2, 0.25) is 0 Å². The Labute approximate surface area is 107 Å². The highest BCUT2D eigenvalue weighted by molar-refractivity contribution is 4.99. The number of likely N-dealkylation sites (N-methyl/N-ethyl adjacent to an activating group) is 1. The van der Waals surface area contributed by atoms with Crippen LogP contribution in [0.1, 0.15) is 58.8 Å². The fraction of sp³-hybridized carbons (Fsp3) is 1.00. The van der Waals surface area contributed by atoms with Gasteiger partial charge in [0, 0.05) is 18.1 Å². The van der Waals surface area contributed by atoms with Crippen molar-refractivity contribution in [3.8, 4) is 0 Å². The molecule has 0 aliphatic heterocycles. The Bertz CT molecular complexity index is 245. The van der Waals surface area contributed by atoms with Crippen LogP contribution in [0.5, 0.6) is 0 Å². The van der Waals surface area contributed by atoms with Gasteiger partial charge in [0.25, 0.3) is 0 Å². The van der Waals surface area contributed by atoms with Gasteiger partial charge >= 0.3 is 0 Å². The molecule has 2 N–H and O–H groups in total. The lowest BCUT2D eigenvalue weighted by atomic mass is 9.83. The summed E-state index contributed by atoms with van der Waals surface area (Å²) in [6.07, 6.45) is 9.57. The van der Waals surface area contributed by atoms with E-state index in [1.165, 1.54) is 44.9 Å². The normalized spacial score (nSPS) is 43.2. The Morgan fingerprint density at radius 2 is 1.71 bits per heavy atom. The molecule has 0 heterocycles. The molecule has 17 heavy (non-hydrogen) atoms. The average molecular weight is 238 g/mol. The molecule has 2 heteroatoms. The maximum atomic E-state index is 6.12. The number of hydrogen-bond donors (Lipinski definition) is 1. The highest BCUT2D eigenvalue weighted by Crippen LogP contribution is 2.40. The van der Waals surface area contributed by atoms with Crippen molar-refractivity contribution in [2.45, 2.75) is 70.4 Å². The Morgan fingerprint density at radius 1 is 1.06 bits per heavy atom. The summed E-state index contributed by atoms with van der Waals surface area (Å²) < 4.78 is 0. The van der Waals surface area contributed by atoms with Crippen LogP contribution in [0.3, 0.4) is 0 Å². The second kappa shape index (κ2) is 5.27. The highest BCUT2D eigenvalue weighted by atomic mass is 15.2. The largest absolute Gasteiger partial charge is 0.329 e. The first-order valence-electron chi connectivity index (χ1n) is 7.50. The molecule has 2 aliphatic rings. The molecule has 0 radical (unpaired) electrons. The molecule has 2 atom stereocenters. The van der Waals surface area contributed by atoms with E-state index in [2.05, 4.69) is 25.8 Å². The van der Waals surface area contributed by atoms with Crippen molar-refractivity contribution in [2.24, 2.45) is 17.6 Å². The first kappa shape index (κ1) is 13.4. The third-order valence-electron chi connectivity index (χ3n) is 5.49. The molecule has 2 unspecified atom stereocenters. The molecular formula is C15H30N2. The predicted octanol–water partition coefficient (Wildman–Crippen LogP) is 3.01. The molecular weight excluding hydrogens is 208 g/mol. The highest BCUT2D eigenvalue weighted by Gasteiger charge is 2.42. The van der Waals surface area contributed by atoms with Gasteiger partial charge in [0.05, 0.1) is 0 Å². The first-order chi connectivity index (χ1) is 8.07. The zero-order valence-corrected chi connectivity index (χ0v) is 11.9. The maximum Gasteiger partial charge on any atom is 0.0334 e. The molecule has 0 saturated heterocycles. The van der Waals surface area contributed by atoms with Crippen LogP contribution in [0, 0.1) is 11.8 Å². The summed E-state index contributed by atoms with van der Waals surface area (Å²) in [5.74, 6) is 1.81. The molecule has 0 bridgehead atoms. The quantitative estimate of drug-likeness (QED) is 0.819. The SMILES string of the molecule is CC1CCC(N(C)C2(CN)CCC(C)C2)CC1. The summed E-state index contributed by atoms with van der Waals surface area (Å²) >= 11 is 0. The van der Waals surface area contributed by atoms with Gasteiger partial charge in [-0.1, -0.05) is 13.8 Å². The molecule has 0 aromatic carbocycles. The fourth-order valence-corrected chi connectivity index (χ4v) is 4.03. The summed E-state index contributed by atoms with van der Waals surface area (Å²) in [7, 11) is 2.34. The van der Waals surface area contributed by atoms with Crippen LogP contribution >= 0.6 is 0 Å². The van der Waals surface area contributed by atoms with Gasteiger partial charge in [-0.25, -0.2) is 0 Å². The fourth-order valence-electron chi connectivity index (χ4n) is 4.03. The van der Waals surface area contributed by atoms with Gasteiger partial charge in [-0.05, 0) is 63.8 Å². The van der Waals surface area contributed by atoms with Crippen LogP contribution in [0.2, 0.25) is 0 Å². The van der Waals surface area contributed by atoms with Crippen molar-refractivity contribution in [3.05, 3.63) is 0 Å². The van der Waals surface area contributed by atoms with Gasteiger partial charge in [0.1, 0.15) is 0 Å². The summed E-state index contributed by atoms with van der Waals surface area (Å²) in [5, 5.41) is 0. The van der Waals surface area contributed by atoms with E-state index < -0.39 is 0 Å². The zero-order valence-electron chi connectivity index (χ0n) is 11.9. The molecule has 0 aromatic heterocycles. The van der Waals surface area contributed by atoms with Gasteiger partial charge in [0.15, 0.2) is 0 Å². The third-order valence-corrected chi connectivity index (χ3v) is 5.49. The standard InChI is InChI=1S/C15H30N2/c1-12-4-6-14(7-5-12)17(3)15(11-16)9-8-13(2)10-15/h12-14H,4-11,16H2,1-3H3. The van der Waals surface area contributed by atoms with Gasteiger partial charge in [-0.2, -0.15) is 0 Å². The molecule has 0 aromatic rings. The minimum absolute atomic E-state index is 0.324. The molecule has 2 nitrogen and oxygen atoms in total. The lowest BCUT2D eigenvalue weighted by Crippen LogP contribution is -2.55. The van der Waals surface area contributed by atoms with Crippen LogP contribution in [0.4, 0.5) is 0 Å². The number of nitrogens with two attached hydrogens (primary N) is 1. The van der Waals surface area contributed by atoms with Crippen molar-refractivity contribution in [1.29, 1.82) is 0 Å². The summed E-state index contributed by atoms with van der Waals surface area (Å²) in [6.45, 7) is 5.63. The van der Waals surface area contributed by atoms with Crippen LogP contribution in [-0.4, -0.2) is 30.1 Å². The van der Waals surface area contributed by atoms with Crippen molar-refractivity contribution in [3.63, 3.8) is 0 Å². The van der Waals surface area contributed by atoms with Crippen molar-refractivity contribution < 1.29 is 0 Å². The lowest BCUT2D eigenvalue weighted by Gasteiger charge is -2.45. The van der Waals surface area contributed by atoms with Gasteiger partial charge < -0.3 is 5.73 Å². The van der Waals surface area contributed by atoms with E-state index in [0.29, 0.717) is 5.54 Å². The van der Waals surface area contributed by atoms with Crippen molar-refractivity contribution in [1.82, 2.24) is 4.90 Å². The molecule has 100 valence electrons. The van der Waals surface area contributed by atoms with Crippen molar-refractivity contribution >= 4 is 0 Å². The molecule has 2 aliphatic carbocycles. The van der Waals surface area contributed by atoms with E-state index in [4.69, 9.17) is 5.73 Å². The molecule has 2 fully saturated rings. The number of rotatable bonds is 3. The second-order valence-electron chi connectivity index (χ2n) is 6.80. The smallest absolute Gasteiger partial charge is 0.0334 e. The van der Waals surface area contributed by atoms with Crippen LogP contribution in [0.25, 0.3) is 0 Å². The predicted molar refractivity (Wildman–Crippen MR) is 74.0 cm³/mol. The molecule has 0 amide bonds. The Balaban J connectivity index is 2.00. The summed E-state index contributed by atoms with van der Waals surface area (Å²) in [5.41, 5.74) is 6.45. The van der Waals surface area contributed by atoms with E-state index in [0.717, 1.165) is 24.4 Å². The van der Waals surface area contributed by atoms with Crippen LogP contribution in [-0.2, 0) is 0 Å². The average Bonchev–Trinajstić information content (AvgIpc) is 2.72. The van der Waals surface area contributed by atoms with E-state index in [9.17, 15) is 0 Å². The minimum Gasteiger partial charge on any atom is -0.329 e.